The molecule has 1 rings (SSSR count). The molecular weight excluding hydrogens is 123 g/mol. The van der Waals surface area contributed by atoms with E-state index in [1.807, 2.05) is 0 Å². The summed E-state index contributed by atoms with van der Waals surface area (Å²) in [6, 6.07) is 0. The third-order valence-electron chi connectivity index (χ3n) is 1.01. The van der Waals surface area contributed by atoms with Crippen LogP contribution in [-0.4, -0.2) is 21.3 Å². The average Bonchev–Trinajstić information content (AvgIpc) is 2.18. The Balaban J connectivity index is 2.69. The van der Waals surface area contributed by atoms with Gasteiger partial charge in [-0.15, -0.1) is 0 Å². The van der Waals surface area contributed by atoms with E-state index >= 15 is 0 Å². The number of aliphatic hydroxyl groups is 1. The molecule has 50 valence electrons. The molecular formula is C5H7FN2O. The second-order valence-corrected chi connectivity index (χ2v) is 1.61. The van der Waals surface area contributed by atoms with Crippen molar-refractivity contribution in [3.05, 3.63) is 18.5 Å². The molecule has 1 N–H and O–H groups in total. The molecule has 0 radical (unpaired) electrons. The van der Waals surface area contributed by atoms with Crippen LogP contribution in [0.5, 0.6) is 0 Å². The Morgan fingerprint density at radius 1 is 1.78 bits per heavy atom. The van der Waals surface area contributed by atoms with E-state index in [-0.39, 0.29) is 13.2 Å². The molecule has 1 aromatic rings. The van der Waals surface area contributed by atoms with Crippen molar-refractivity contribution in [1.82, 2.24) is 9.55 Å². The number of rotatable bonds is 2. The summed E-state index contributed by atoms with van der Waals surface area (Å²) in [6.07, 6.45) is 2.28. The first kappa shape index (κ1) is 6.22. The largest absolute Gasteiger partial charge is 0.395 e. The Bertz CT molecular complexity index is 187. The molecule has 1 heterocycles. The van der Waals surface area contributed by atoms with Gasteiger partial charge in [0.05, 0.1) is 6.61 Å². The van der Waals surface area contributed by atoms with Gasteiger partial charge in [0.25, 0.3) is 6.08 Å². The average molecular weight is 130 g/mol. The molecule has 0 saturated heterocycles. The zero-order valence-corrected chi connectivity index (χ0v) is 4.79. The van der Waals surface area contributed by atoms with Crippen molar-refractivity contribution in [3.63, 3.8) is 0 Å². The summed E-state index contributed by atoms with van der Waals surface area (Å²) in [5.74, 6) is 0. The molecule has 1 aromatic heterocycles. The van der Waals surface area contributed by atoms with Crippen molar-refractivity contribution in [1.29, 1.82) is 0 Å². The van der Waals surface area contributed by atoms with Crippen LogP contribution >= 0.6 is 0 Å². The maximum absolute atomic E-state index is 12.3. The van der Waals surface area contributed by atoms with Crippen LogP contribution in [0, 0.1) is 6.08 Å². The molecule has 3 nitrogen and oxygen atoms in total. The minimum Gasteiger partial charge on any atom is -0.395 e. The van der Waals surface area contributed by atoms with Gasteiger partial charge in [-0.1, -0.05) is 0 Å². The van der Waals surface area contributed by atoms with Gasteiger partial charge in [-0.25, -0.2) is 4.98 Å². The van der Waals surface area contributed by atoms with Gasteiger partial charge in [0.1, 0.15) is 0 Å². The summed E-state index contributed by atoms with van der Waals surface area (Å²) in [7, 11) is 0. The van der Waals surface area contributed by atoms with Crippen LogP contribution in [0.25, 0.3) is 0 Å². The molecule has 0 amide bonds. The first-order valence-corrected chi connectivity index (χ1v) is 2.62. The monoisotopic (exact) mass is 130 g/mol. The normalized spacial score (nSPS) is 10.0. The van der Waals surface area contributed by atoms with Gasteiger partial charge < -0.3 is 9.67 Å². The Morgan fingerprint density at radius 2 is 2.56 bits per heavy atom. The van der Waals surface area contributed by atoms with E-state index in [1.165, 1.54) is 17.0 Å². The van der Waals surface area contributed by atoms with Crippen molar-refractivity contribution >= 4 is 0 Å². The lowest BCUT2D eigenvalue weighted by atomic mass is 10.7. The highest BCUT2D eigenvalue weighted by Crippen LogP contribution is 1.92. The molecule has 0 bridgehead atoms. The smallest absolute Gasteiger partial charge is 0.289 e. The predicted molar refractivity (Wildman–Crippen MR) is 29.3 cm³/mol. The second kappa shape index (κ2) is 2.59. The molecule has 0 unspecified atom stereocenters. The SMILES string of the molecule is OCCn1ccnc1F. The maximum atomic E-state index is 12.3. The number of halogens is 1. The number of aromatic nitrogens is 2. The highest BCUT2D eigenvalue weighted by atomic mass is 19.1. The van der Waals surface area contributed by atoms with Crippen molar-refractivity contribution in [2.45, 2.75) is 6.54 Å². The highest BCUT2D eigenvalue weighted by Gasteiger charge is 1.96. The first-order chi connectivity index (χ1) is 4.34. The van der Waals surface area contributed by atoms with E-state index in [0.717, 1.165) is 0 Å². The molecule has 4 heteroatoms. The predicted octanol–water partition coefficient (Wildman–Crippen LogP) is 0.0145. The van der Waals surface area contributed by atoms with Gasteiger partial charge in [0.2, 0.25) is 0 Å². The minimum atomic E-state index is -0.552. The van der Waals surface area contributed by atoms with Crippen molar-refractivity contribution < 1.29 is 9.50 Å². The molecule has 0 atom stereocenters. The maximum Gasteiger partial charge on any atom is 0.289 e. The van der Waals surface area contributed by atoms with E-state index in [4.69, 9.17) is 5.11 Å². The standard InChI is InChI=1S/C5H7FN2O/c6-5-7-1-2-8(5)3-4-9/h1-2,9H,3-4H2. The summed E-state index contributed by atoms with van der Waals surface area (Å²) >= 11 is 0. The van der Waals surface area contributed by atoms with Crippen LogP contribution in [0.2, 0.25) is 0 Å². The fourth-order valence-electron chi connectivity index (χ4n) is 0.586. The Morgan fingerprint density at radius 3 is 3.00 bits per heavy atom. The molecule has 0 saturated carbocycles. The van der Waals surface area contributed by atoms with E-state index < -0.39 is 6.08 Å². The quantitative estimate of drug-likeness (QED) is 0.612. The lowest BCUT2D eigenvalue weighted by molar-refractivity contribution is 0.265. The molecule has 0 spiro atoms. The third kappa shape index (κ3) is 1.26. The molecule has 0 aliphatic rings. The summed E-state index contributed by atoms with van der Waals surface area (Å²) < 4.78 is 13.5. The van der Waals surface area contributed by atoms with Crippen LogP contribution in [-0.2, 0) is 6.54 Å². The van der Waals surface area contributed by atoms with Crippen molar-refractivity contribution in [2.75, 3.05) is 6.61 Å². The van der Waals surface area contributed by atoms with E-state index in [2.05, 4.69) is 4.98 Å². The summed E-state index contributed by atoms with van der Waals surface area (Å²) in [5.41, 5.74) is 0. The zero-order chi connectivity index (χ0) is 6.69. The molecule has 9 heavy (non-hydrogen) atoms. The van der Waals surface area contributed by atoms with Crippen LogP contribution in [0.4, 0.5) is 4.39 Å². The van der Waals surface area contributed by atoms with Crippen LogP contribution in [0.1, 0.15) is 0 Å². The second-order valence-electron chi connectivity index (χ2n) is 1.61. The fourth-order valence-corrected chi connectivity index (χ4v) is 0.586. The number of nitrogens with zero attached hydrogens (tertiary/aromatic N) is 2. The minimum absolute atomic E-state index is 0.0622. The topological polar surface area (TPSA) is 38.0 Å². The van der Waals surface area contributed by atoms with Gasteiger partial charge in [-0.05, 0) is 0 Å². The van der Waals surface area contributed by atoms with Gasteiger partial charge in [-0.3, -0.25) is 0 Å². The summed E-state index contributed by atoms with van der Waals surface area (Å²) in [6.45, 7) is 0.207. The number of hydrogen-bond acceptors (Lipinski definition) is 2. The zero-order valence-electron chi connectivity index (χ0n) is 4.79. The van der Waals surface area contributed by atoms with E-state index in [1.54, 1.807) is 0 Å². The van der Waals surface area contributed by atoms with Gasteiger partial charge in [-0.2, -0.15) is 4.39 Å². The molecule has 0 aliphatic heterocycles. The molecule has 0 aromatic carbocycles. The lowest BCUT2D eigenvalue weighted by Gasteiger charge is -1.95. The Kier molecular flexibility index (Phi) is 1.79. The molecule has 0 fully saturated rings. The molecule has 0 aliphatic carbocycles. The van der Waals surface area contributed by atoms with E-state index in [0.29, 0.717) is 0 Å². The van der Waals surface area contributed by atoms with Gasteiger partial charge >= 0.3 is 0 Å². The van der Waals surface area contributed by atoms with Gasteiger partial charge in [0.15, 0.2) is 0 Å². The third-order valence-corrected chi connectivity index (χ3v) is 1.01. The summed E-state index contributed by atoms with van der Waals surface area (Å²) in [5, 5.41) is 8.35. The highest BCUT2D eigenvalue weighted by molar-refractivity contribution is 4.76. The summed E-state index contributed by atoms with van der Waals surface area (Å²) in [4.78, 5) is 3.32. The van der Waals surface area contributed by atoms with Crippen LogP contribution in [0.15, 0.2) is 12.4 Å². The fraction of sp³-hybridized carbons (Fsp3) is 0.400. The van der Waals surface area contributed by atoms with Crippen LogP contribution < -0.4 is 0 Å². The number of imidazole rings is 1. The number of hydrogen-bond donors (Lipinski definition) is 1. The Labute approximate surface area is 51.8 Å². The van der Waals surface area contributed by atoms with Gasteiger partial charge in [0, 0.05) is 18.9 Å². The van der Waals surface area contributed by atoms with Crippen molar-refractivity contribution in [3.8, 4) is 0 Å². The first-order valence-electron chi connectivity index (χ1n) is 2.62. The van der Waals surface area contributed by atoms with Crippen LogP contribution in [0.3, 0.4) is 0 Å². The number of aliphatic hydroxyl groups excluding tert-OH is 1. The lowest BCUT2D eigenvalue weighted by Crippen LogP contribution is -2.03. The Hall–Kier alpha value is -0.900. The van der Waals surface area contributed by atoms with E-state index in [9.17, 15) is 4.39 Å². The van der Waals surface area contributed by atoms with Crippen molar-refractivity contribution in [2.24, 2.45) is 0 Å².